The van der Waals surface area contributed by atoms with Crippen LogP contribution in [0.3, 0.4) is 0 Å². The largest absolute Gasteiger partial charge is 0.370 e. The topological polar surface area (TPSA) is 88.8 Å². The number of likely N-dealkylation sites (tertiary alicyclic amines) is 1. The number of ether oxygens (including phenoxy) is 1. The van der Waals surface area contributed by atoms with Crippen LogP contribution in [0, 0.1) is 0 Å². The van der Waals surface area contributed by atoms with E-state index in [0.717, 1.165) is 30.9 Å². The maximum absolute atomic E-state index is 12.7. The van der Waals surface area contributed by atoms with E-state index < -0.39 is 0 Å². The Labute approximate surface area is 167 Å². The molecular weight excluding hydrogens is 356 g/mol. The number of morpholine rings is 1. The highest BCUT2D eigenvalue weighted by Crippen LogP contribution is 2.21. The van der Waals surface area contributed by atoms with Gasteiger partial charge in [0.05, 0.1) is 18.8 Å². The fourth-order valence-electron chi connectivity index (χ4n) is 3.87. The van der Waals surface area contributed by atoms with Gasteiger partial charge in [0.1, 0.15) is 6.10 Å². The summed E-state index contributed by atoms with van der Waals surface area (Å²) in [5, 5.41) is 0. The number of carbonyl (C=O) groups excluding carboxylic acids is 2. The third-order valence-electron chi connectivity index (χ3n) is 5.60. The molecular formula is C21H32N4O3. The Kier molecular flexibility index (Phi) is 7.80. The van der Waals surface area contributed by atoms with Gasteiger partial charge >= 0.3 is 0 Å². The predicted octanol–water partition coefficient (Wildman–Crippen LogP) is 1.67. The second kappa shape index (κ2) is 10.5. The van der Waals surface area contributed by atoms with E-state index in [1.165, 1.54) is 25.7 Å². The number of hydrogen-bond donors (Lipinski definition) is 1. The third kappa shape index (κ3) is 6.27. The number of nitrogens with zero attached hydrogens (tertiary/aromatic N) is 3. The average Bonchev–Trinajstić information content (AvgIpc) is 3.00. The van der Waals surface area contributed by atoms with Crippen LogP contribution in [0.15, 0.2) is 18.3 Å². The number of primary amides is 1. The summed E-state index contributed by atoms with van der Waals surface area (Å²) in [7, 11) is 0. The zero-order valence-corrected chi connectivity index (χ0v) is 16.6. The minimum atomic E-state index is -0.311. The highest BCUT2D eigenvalue weighted by Gasteiger charge is 2.26. The second-order valence-electron chi connectivity index (χ2n) is 7.76. The maximum Gasteiger partial charge on any atom is 0.224 e. The lowest BCUT2D eigenvalue weighted by molar-refractivity contribution is -0.139. The van der Waals surface area contributed by atoms with E-state index in [1.807, 2.05) is 17.0 Å². The zero-order valence-electron chi connectivity index (χ0n) is 16.6. The van der Waals surface area contributed by atoms with E-state index in [9.17, 15) is 9.59 Å². The molecule has 1 aromatic heterocycles. The number of aryl methyl sites for hydroxylation is 1. The van der Waals surface area contributed by atoms with Crippen LogP contribution in [-0.2, 0) is 20.7 Å². The van der Waals surface area contributed by atoms with Crippen molar-refractivity contribution in [3.05, 3.63) is 29.6 Å². The lowest BCUT2D eigenvalue weighted by Gasteiger charge is -2.33. The second-order valence-corrected chi connectivity index (χ2v) is 7.76. The van der Waals surface area contributed by atoms with E-state index in [4.69, 9.17) is 10.5 Å². The first-order chi connectivity index (χ1) is 13.6. The molecule has 2 amide bonds. The highest BCUT2D eigenvalue weighted by atomic mass is 16.5. The Hall–Kier alpha value is -1.99. The molecule has 3 heterocycles. The zero-order chi connectivity index (χ0) is 19.8. The Bertz CT molecular complexity index is 642. The Morgan fingerprint density at radius 3 is 2.57 bits per heavy atom. The first kappa shape index (κ1) is 20.7. The van der Waals surface area contributed by atoms with E-state index >= 15 is 0 Å². The molecule has 1 atom stereocenters. The smallest absolute Gasteiger partial charge is 0.224 e. The van der Waals surface area contributed by atoms with Crippen molar-refractivity contribution >= 4 is 11.8 Å². The SMILES string of the molecule is NC(=O)CCc1ccc(C2CN(C(=O)CCN3CCCCCC3)CCO2)nc1. The van der Waals surface area contributed by atoms with Crippen LogP contribution < -0.4 is 5.73 Å². The molecule has 154 valence electrons. The van der Waals surface area contributed by atoms with Gasteiger partial charge in [0.2, 0.25) is 11.8 Å². The molecule has 7 nitrogen and oxygen atoms in total. The van der Waals surface area contributed by atoms with Crippen LogP contribution in [0.1, 0.15) is 55.9 Å². The highest BCUT2D eigenvalue weighted by molar-refractivity contribution is 5.76. The summed E-state index contributed by atoms with van der Waals surface area (Å²) in [5.41, 5.74) is 6.99. The van der Waals surface area contributed by atoms with Crippen molar-refractivity contribution in [2.24, 2.45) is 5.73 Å². The fourth-order valence-corrected chi connectivity index (χ4v) is 3.87. The van der Waals surface area contributed by atoms with E-state index in [1.54, 1.807) is 6.20 Å². The summed E-state index contributed by atoms with van der Waals surface area (Å²) in [5.74, 6) is -0.107. The van der Waals surface area contributed by atoms with Gasteiger partial charge in [-0.2, -0.15) is 0 Å². The molecule has 0 aromatic carbocycles. The maximum atomic E-state index is 12.7. The Morgan fingerprint density at radius 1 is 1.11 bits per heavy atom. The van der Waals surface area contributed by atoms with Crippen molar-refractivity contribution in [3.8, 4) is 0 Å². The molecule has 2 aliphatic heterocycles. The molecule has 2 saturated heterocycles. The Balaban J connectivity index is 1.48. The number of hydrogen-bond acceptors (Lipinski definition) is 5. The van der Waals surface area contributed by atoms with E-state index in [2.05, 4.69) is 9.88 Å². The van der Waals surface area contributed by atoms with Gasteiger partial charge in [0.15, 0.2) is 0 Å². The monoisotopic (exact) mass is 388 g/mol. The van der Waals surface area contributed by atoms with Crippen LogP contribution >= 0.6 is 0 Å². The number of nitrogens with two attached hydrogens (primary N) is 1. The molecule has 2 aliphatic rings. The molecule has 0 radical (unpaired) electrons. The minimum Gasteiger partial charge on any atom is -0.370 e. The number of aromatic nitrogens is 1. The van der Waals surface area contributed by atoms with Gasteiger partial charge in [-0.15, -0.1) is 0 Å². The number of carbonyl (C=O) groups is 2. The van der Waals surface area contributed by atoms with Crippen molar-refractivity contribution in [2.45, 2.75) is 51.0 Å². The van der Waals surface area contributed by atoms with Crippen molar-refractivity contribution in [3.63, 3.8) is 0 Å². The molecule has 0 spiro atoms. The summed E-state index contributed by atoms with van der Waals surface area (Å²) in [6.07, 6.45) is 8.17. The van der Waals surface area contributed by atoms with Crippen LogP contribution in [0.4, 0.5) is 0 Å². The normalized spacial score (nSPS) is 21.3. The molecule has 1 unspecified atom stereocenters. The summed E-state index contributed by atoms with van der Waals surface area (Å²) < 4.78 is 5.85. The van der Waals surface area contributed by atoms with Crippen LogP contribution in [-0.4, -0.2) is 65.9 Å². The third-order valence-corrected chi connectivity index (χ3v) is 5.60. The van der Waals surface area contributed by atoms with Gasteiger partial charge in [-0.05, 0) is 44.0 Å². The molecule has 28 heavy (non-hydrogen) atoms. The predicted molar refractivity (Wildman–Crippen MR) is 107 cm³/mol. The van der Waals surface area contributed by atoms with Gasteiger partial charge in [-0.25, -0.2) is 0 Å². The van der Waals surface area contributed by atoms with Gasteiger partial charge in [-0.1, -0.05) is 18.9 Å². The van der Waals surface area contributed by atoms with Crippen molar-refractivity contribution in [2.75, 3.05) is 39.3 Å². The first-order valence-electron chi connectivity index (χ1n) is 10.5. The van der Waals surface area contributed by atoms with Crippen molar-refractivity contribution in [1.29, 1.82) is 0 Å². The summed E-state index contributed by atoms with van der Waals surface area (Å²) in [6, 6.07) is 3.88. The van der Waals surface area contributed by atoms with Gasteiger partial charge in [-0.3, -0.25) is 14.6 Å². The van der Waals surface area contributed by atoms with Crippen molar-refractivity contribution < 1.29 is 14.3 Å². The molecule has 3 rings (SSSR count). The lowest BCUT2D eigenvalue weighted by atomic mass is 10.1. The van der Waals surface area contributed by atoms with E-state index in [-0.39, 0.29) is 17.9 Å². The summed E-state index contributed by atoms with van der Waals surface area (Å²) in [4.78, 5) is 32.4. The molecule has 7 heteroatoms. The molecule has 1 aromatic rings. The standard InChI is InChI=1S/C21H32N4O3/c22-20(26)8-6-17-5-7-18(23-15-17)19-16-25(13-14-28-19)21(27)9-12-24-10-3-1-2-4-11-24/h5,7,15,19H,1-4,6,8-14,16H2,(H2,22,26). The van der Waals surface area contributed by atoms with Crippen LogP contribution in [0.5, 0.6) is 0 Å². The van der Waals surface area contributed by atoms with Gasteiger partial charge in [0, 0.05) is 32.1 Å². The molecule has 0 saturated carbocycles. The van der Waals surface area contributed by atoms with Gasteiger partial charge in [0.25, 0.3) is 0 Å². The summed E-state index contributed by atoms with van der Waals surface area (Å²) >= 11 is 0. The fraction of sp³-hybridized carbons (Fsp3) is 0.667. The van der Waals surface area contributed by atoms with Crippen LogP contribution in [0.25, 0.3) is 0 Å². The number of pyridine rings is 1. The number of amides is 2. The van der Waals surface area contributed by atoms with E-state index in [0.29, 0.717) is 39.0 Å². The van der Waals surface area contributed by atoms with Crippen LogP contribution in [0.2, 0.25) is 0 Å². The quantitative estimate of drug-likeness (QED) is 0.767. The molecule has 0 aliphatic carbocycles. The molecule has 0 bridgehead atoms. The van der Waals surface area contributed by atoms with Gasteiger partial charge < -0.3 is 20.3 Å². The summed E-state index contributed by atoms with van der Waals surface area (Å²) in [6.45, 7) is 4.81. The lowest BCUT2D eigenvalue weighted by Crippen LogP contribution is -2.43. The average molecular weight is 389 g/mol. The number of rotatable bonds is 7. The van der Waals surface area contributed by atoms with Crippen molar-refractivity contribution in [1.82, 2.24) is 14.8 Å². The minimum absolute atomic E-state index is 0.193. The Morgan fingerprint density at radius 2 is 1.89 bits per heavy atom. The molecule has 2 fully saturated rings. The first-order valence-corrected chi connectivity index (χ1v) is 10.5. The molecule has 2 N–H and O–H groups in total.